The van der Waals surface area contributed by atoms with Crippen molar-refractivity contribution in [2.75, 3.05) is 0 Å². The number of benzene rings is 2. The quantitative estimate of drug-likeness (QED) is 0.397. The minimum atomic E-state index is -0.579. The van der Waals surface area contributed by atoms with Gasteiger partial charge in [0.05, 0.1) is 23.3 Å². The number of halogens is 1. The number of fused-ring (bicyclic) bond motifs is 1. The van der Waals surface area contributed by atoms with Crippen LogP contribution in [0, 0.1) is 22.0 Å². The summed E-state index contributed by atoms with van der Waals surface area (Å²) >= 11 is 5.95. The smallest absolute Gasteiger partial charge is 0.272 e. The number of hydrogen-bond acceptors (Lipinski definition) is 5. The molecule has 4 rings (SSSR count). The van der Waals surface area contributed by atoms with Crippen LogP contribution in [0.15, 0.2) is 48.5 Å². The van der Waals surface area contributed by atoms with Crippen LogP contribution in [0.25, 0.3) is 0 Å². The maximum atomic E-state index is 13.4. The summed E-state index contributed by atoms with van der Waals surface area (Å²) in [6.45, 7) is -0.0100. The van der Waals surface area contributed by atoms with Gasteiger partial charge in [0.2, 0.25) is 0 Å². The minimum Gasteiger partial charge on any atom is -0.272 e. The fraction of sp³-hybridized carbons (Fsp3) is 0.318. The highest BCUT2D eigenvalue weighted by Crippen LogP contribution is 2.39. The molecule has 2 fully saturated rings. The maximum absolute atomic E-state index is 13.4. The Morgan fingerprint density at radius 2 is 1.55 bits per heavy atom. The number of amides is 3. The predicted molar refractivity (Wildman–Crippen MR) is 112 cm³/mol. The van der Waals surface area contributed by atoms with Crippen molar-refractivity contribution in [1.29, 1.82) is 0 Å². The number of hydrazine groups is 1. The zero-order chi connectivity index (χ0) is 22.1. The largest absolute Gasteiger partial charge is 0.273 e. The molecule has 0 aromatic heterocycles. The van der Waals surface area contributed by atoms with Crippen LogP contribution in [0.1, 0.15) is 41.6 Å². The topological polar surface area (TPSA) is 101 Å². The first-order chi connectivity index (χ1) is 14.9. The van der Waals surface area contributed by atoms with Gasteiger partial charge >= 0.3 is 0 Å². The number of nitro groups is 1. The Hall–Kier alpha value is -3.26. The molecule has 160 valence electrons. The molecule has 1 aliphatic heterocycles. The van der Waals surface area contributed by atoms with Gasteiger partial charge in [-0.1, -0.05) is 36.6 Å². The summed E-state index contributed by atoms with van der Waals surface area (Å²) < 4.78 is 0. The van der Waals surface area contributed by atoms with Gasteiger partial charge in [-0.25, -0.2) is 5.01 Å². The predicted octanol–water partition coefficient (Wildman–Crippen LogP) is 3.98. The number of rotatable bonds is 5. The third-order valence-corrected chi connectivity index (χ3v) is 6.12. The molecule has 1 saturated heterocycles. The standard InChI is InChI=1S/C22H20ClN3O5/c23-16-9-5-14(6-10-16)13-24(20(27)15-7-11-17(12-8-15)26(30)31)25-21(28)18-3-1-2-4-19(18)22(25)29/h5-12,18-19H,1-4,13H2/t18-,19+. The summed E-state index contributed by atoms with van der Waals surface area (Å²) in [6, 6.07) is 11.9. The van der Waals surface area contributed by atoms with Gasteiger partial charge < -0.3 is 0 Å². The lowest BCUT2D eigenvalue weighted by Crippen LogP contribution is -2.49. The molecule has 0 unspecified atom stereocenters. The molecule has 2 atom stereocenters. The number of imide groups is 1. The molecule has 8 nitrogen and oxygen atoms in total. The van der Waals surface area contributed by atoms with Gasteiger partial charge in [-0.05, 0) is 42.7 Å². The molecule has 2 aliphatic rings. The first-order valence-electron chi connectivity index (χ1n) is 10.1. The van der Waals surface area contributed by atoms with Crippen molar-refractivity contribution in [1.82, 2.24) is 10.0 Å². The van der Waals surface area contributed by atoms with E-state index in [9.17, 15) is 24.5 Å². The minimum absolute atomic E-state index is 0.0100. The van der Waals surface area contributed by atoms with E-state index >= 15 is 0 Å². The number of hydrogen-bond donors (Lipinski definition) is 0. The summed E-state index contributed by atoms with van der Waals surface area (Å²) in [5.41, 5.74) is 0.685. The van der Waals surface area contributed by atoms with Crippen molar-refractivity contribution in [3.05, 3.63) is 74.8 Å². The molecular weight excluding hydrogens is 422 g/mol. The fourth-order valence-corrected chi connectivity index (χ4v) is 4.38. The van der Waals surface area contributed by atoms with Crippen molar-refractivity contribution < 1.29 is 19.3 Å². The van der Waals surface area contributed by atoms with E-state index in [4.69, 9.17) is 11.6 Å². The molecule has 0 N–H and O–H groups in total. The maximum Gasteiger partial charge on any atom is 0.273 e. The molecule has 0 bridgehead atoms. The van der Waals surface area contributed by atoms with Gasteiger partial charge in [0, 0.05) is 22.7 Å². The Bertz CT molecular complexity index is 1010. The van der Waals surface area contributed by atoms with Crippen LogP contribution >= 0.6 is 11.6 Å². The van der Waals surface area contributed by atoms with Crippen LogP contribution < -0.4 is 0 Å². The van der Waals surface area contributed by atoms with E-state index in [2.05, 4.69) is 0 Å². The molecule has 2 aromatic rings. The van der Waals surface area contributed by atoms with E-state index < -0.39 is 22.7 Å². The van der Waals surface area contributed by atoms with Gasteiger partial charge in [0.25, 0.3) is 23.4 Å². The van der Waals surface area contributed by atoms with Gasteiger partial charge in [-0.3, -0.25) is 24.5 Å². The number of carbonyl (C=O) groups excluding carboxylic acids is 3. The van der Waals surface area contributed by atoms with Crippen LogP contribution in [0.3, 0.4) is 0 Å². The van der Waals surface area contributed by atoms with Gasteiger partial charge in [-0.15, -0.1) is 0 Å². The Kier molecular flexibility index (Phi) is 5.73. The van der Waals surface area contributed by atoms with Gasteiger partial charge in [0.1, 0.15) is 0 Å². The number of carbonyl (C=O) groups is 3. The van der Waals surface area contributed by atoms with Gasteiger partial charge in [-0.2, -0.15) is 5.01 Å². The fourth-order valence-electron chi connectivity index (χ4n) is 4.25. The first kappa shape index (κ1) is 21.0. The lowest BCUT2D eigenvalue weighted by molar-refractivity contribution is -0.384. The Balaban J connectivity index is 1.69. The molecule has 0 radical (unpaired) electrons. The average molecular weight is 442 g/mol. The van der Waals surface area contributed by atoms with Gasteiger partial charge in [0.15, 0.2) is 0 Å². The van der Waals surface area contributed by atoms with Crippen molar-refractivity contribution in [2.45, 2.75) is 32.2 Å². The molecule has 2 aromatic carbocycles. The third-order valence-electron chi connectivity index (χ3n) is 5.86. The molecule has 1 aliphatic carbocycles. The highest BCUT2D eigenvalue weighted by atomic mass is 35.5. The SMILES string of the molecule is O=C(c1ccc([N+](=O)[O-])cc1)N(Cc1ccc(Cl)cc1)N1C(=O)[C@H]2CCCC[C@H]2C1=O. The molecule has 0 spiro atoms. The van der Waals surface area contributed by atoms with Crippen molar-refractivity contribution in [3.8, 4) is 0 Å². The summed E-state index contributed by atoms with van der Waals surface area (Å²) in [5, 5.41) is 13.6. The Morgan fingerprint density at radius 1 is 1.00 bits per heavy atom. The van der Waals surface area contributed by atoms with E-state index in [1.807, 2.05) is 0 Å². The van der Waals surface area contributed by atoms with Crippen LogP contribution in [-0.2, 0) is 16.1 Å². The molecular formula is C22H20ClN3O5. The second-order valence-electron chi connectivity index (χ2n) is 7.78. The highest BCUT2D eigenvalue weighted by molar-refractivity contribution is 6.30. The summed E-state index contributed by atoms with van der Waals surface area (Å²) in [5.74, 6) is -2.11. The second-order valence-corrected chi connectivity index (χ2v) is 8.22. The molecule has 9 heteroatoms. The van der Waals surface area contributed by atoms with Crippen LogP contribution in [0.5, 0.6) is 0 Å². The van der Waals surface area contributed by atoms with E-state index in [1.54, 1.807) is 24.3 Å². The van der Waals surface area contributed by atoms with E-state index in [-0.39, 0.29) is 29.6 Å². The number of non-ortho nitro benzene ring substituents is 1. The van der Waals surface area contributed by atoms with E-state index in [0.29, 0.717) is 23.4 Å². The van der Waals surface area contributed by atoms with Crippen LogP contribution in [-0.4, -0.2) is 32.7 Å². The monoisotopic (exact) mass is 441 g/mol. The summed E-state index contributed by atoms with van der Waals surface area (Å²) in [7, 11) is 0. The average Bonchev–Trinajstić information content (AvgIpc) is 3.03. The van der Waals surface area contributed by atoms with E-state index in [0.717, 1.165) is 22.9 Å². The van der Waals surface area contributed by atoms with Crippen molar-refractivity contribution in [3.63, 3.8) is 0 Å². The normalized spacial score (nSPS) is 20.5. The molecule has 1 heterocycles. The zero-order valence-electron chi connectivity index (χ0n) is 16.6. The Labute approximate surface area is 183 Å². The Morgan fingerprint density at radius 3 is 2.06 bits per heavy atom. The van der Waals surface area contributed by atoms with Crippen LogP contribution in [0.4, 0.5) is 5.69 Å². The summed E-state index contributed by atoms with van der Waals surface area (Å²) in [4.78, 5) is 50.0. The number of nitrogens with zero attached hydrogens (tertiary/aromatic N) is 3. The lowest BCUT2D eigenvalue weighted by atomic mass is 9.81. The molecule has 3 amide bonds. The van der Waals surface area contributed by atoms with Crippen molar-refractivity contribution in [2.24, 2.45) is 11.8 Å². The molecule has 1 saturated carbocycles. The second kappa shape index (κ2) is 8.47. The van der Waals surface area contributed by atoms with Crippen molar-refractivity contribution >= 4 is 35.0 Å². The lowest BCUT2D eigenvalue weighted by Gasteiger charge is -2.30. The molecule has 31 heavy (non-hydrogen) atoms. The third kappa shape index (κ3) is 4.03. The first-order valence-corrected chi connectivity index (χ1v) is 10.4. The highest BCUT2D eigenvalue weighted by Gasteiger charge is 2.51. The van der Waals surface area contributed by atoms with Crippen LogP contribution in [0.2, 0.25) is 5.02 Å². The van der Waals surface area contributed by atoms with E-state index in [1.165, 1.54) is 24.3 Å². The zero-order valence-corrected chi connectivity index (χ0v) is 17.3. The summed E-state index contributed by atoms with van der Waals surface area (Å²) in [6.07, 6.45) is 3.02. The number of nitro benzene ring substituents is 1.